The van der Waals surface area contributed by atoms with E-state index >= 15 is 0 Å². The van der Waals surface area contributed by atoms with Crippen molar-refractivity contribution in [3.05, 3.63) is 24.3 Å². The van der Waals surface area contributed by atoms with E-state index in [0.717, 1.165) is 37.1 Å². The van der Waals surface area contributed by atoms with Gasteiger partial charge in [0.1, 0.15) is 0 Å². The third-order valence-electron chi connectivity index (χ3n) is 3.12. The molecule has 1 fully saturated rings. The van der Waals surface area contributed by atoms with Crippen LogP contribution in [0.5, 0.6) is 0 Å². The predicted molar refractivity (Wildman–Crippen MR) is 63.2 cm³/mol. The topological polar surface area (TPSA) is 53.1 Å². The van der Waals surface area contributed by atoms with Crippen molar-refractivity contribution in [2.24, 2.45) is 0 Å². The van der Waals surface area contributed by atoms with Crippen LogP contribution in [0.1, 0.15) is 18.9 Å². The van der Waals surface area contributed by atoms with Crippen molar-refractivity contribution in [1.82, 2.24) is 9.55 Å². The van der Waals surface area contributed by atoms with Crippen LogP contribution < -0.4 is 5.73 Å². The number of imidazole rings is 1. The summed E-state index contributed by atoms with van der Waals surface area (Å²) in [6.07, 6.45) is 2.21. The minimum Gasteiger partial charge on any atom is -0.379 e. The lowest BCUT2D eigenvalue weighted by atomic mass is 10.1. The Morgan fingerprint density at radius 3 is 3.06 bits per heavy atom. The third-order valence-corrected chi connectivity index (χ3v) is 3.12. The molecule has 1 unspecified atom stereocenters. The molecule has 1 aromatic carbocycles. The molecule has 2 heterocycles. The van der Waals surface area contributed by atoms with Crippen LogP contribution in [-0.4, -0.2) is 22.8 Å². The quantitative estimate of drug-likeness (QED) is 0.794. The van der Waals surface area contributed by atoms with Gasteiger partial charge in [0, 0.05) is 6.61 Å². The van der Waals surface area contributed by atoms with Crippen molar-refractivity contribution in [2.45, 2.75) is 18.9 Å². The Bertz CT molecular complexity index is 500. The van der Waals surface area contributed by atoms with Gasteiger partial charge in [0.25, 0.3) is 0 Å². The maximum absolute atomic E-state index is 5.98. The van der Waals surface area contributed by atoms with E-state index in [1.54, 1.807) is 0 Å². The number of nitrogen functional groups attached to an aromatic ring is 1. The fourth-order valence-corrected chi connectivity index (χ4v) is 2.37. The highest BCUT2D eigenvalue weighted by Gasteiger charge is 2.20. The molecule has 0 aliphatic carbocycles. The minimum atomic E-state index is 0.334. The molecule has 1 saturated heterocycles. The van der Waals surface area contributed by atoms with E-state index in [2.05, 4.69) is 15.6 Å². The second kappa shape index (κ2) is 3.79. The molecule has 1 atom stereocenters. The summed E-state index contributed by atoms with van der Waals surface area (Å²) in [4.78, 5) is 4.37. The summed E-state index contributed by atoms with van der Waals surface area (Å²) < 4.78 is 7.61. The Hall–Kier alpha value is -1.55. The summed E-state index contributed by atoms with van der Waals surface area (Å²) in [5.41, 5.74) is 8.05. The summed E-state index contributed by atoms with van der Waals surface area (Å²) >= 11 is 0. The summed E-state index contributed by atoms with van der Waals surface area (Å²) in [7, 11) is 0. The zero-order valence-electron chi connectivity index (χ0n) is 9.10. The molecule has 2 aromatic rings. The predicted octanol–water partition coefficient (Wildman–Crippen LogP) is 1.97. The molecule has 0 amide bonds. The van der Waals surface area contributed by atoms with Gasteiger partial charge >= 0.3 is 0 Å². The van der Waals surface area contributed by atoms with Crippen LogP contribution in [-0.2, 0) is 4.74 Å². The van der Waals surface area contributed by atoms with E-state index in [0.29, 0.717) is 12.0 Å². The number of hydrogen-bond acceptors (Lipinski definition) is 3. The number of hydrogen-bond donors (Lipinski definition) is 1. The van der Waals surface area contributed by atoms with Crippen LogP contribution in [0.25, 0.3) is 11.0 Å². The summed E-state index contributed by atoms with van der Waals surface area (Å²) in [5.74, 6) is 0.594. The molecule has 4 heteroatoms. The SMILES string of the molecule is Nc1nc2ccccc2n1C1CCCOC1. The summed E-state index contributed by atoms with van der Waals surface area (Å²) in [6.45, 7) is 1.60. The van der Waals surface area contributed by atoms with Crippen molar-refractivity contribution in [2.75, 3.05) is 18.9 Å². The number of aromatic nitrogens is 2. The maximum atomic E-state index is 5.98. The Labute approximate surface area is 94.0 Å². The lowest BCUT2D eigenvalue weighted by Gasteiger charge is -2.24. The number of benzene rings is 1. The second-order valence-electron chi connectivity index (χ2n) is 4.20. The van der Waals surface area contributed by atoms with Crippen LogP contribution in [0, 0.1) is 0 Å². The molecule has 0 radical (unpaired) electrons. The number of anilines is 1. The summed E-state index contributed by atoms with van der Waals surface area (Å²) in [5, 5.41) is 0. The first kappa shape index (κ1) is 9.66. The van der Waals surface area contributed by atoms with Crippen molar-refractivity contribution in [1.29, 1.82) is 0 Å². The molecular weight excluding hydrogens is 202 g/mol. The molecule has 16 heavy (non-hydrogen) atoms. The van der Waals surface area contributed by atoms with Gasteiger partial charge in [-0.15, -0.1) is 0 Å². The maximum Gasteiger partial charge on any atom is 0.201 e. The van der Waals surface area contributed by atoms with E-state index < -0.39 is 0 Å². The second-order valence-corrected chi connectivity index (χ2v) is 4.20. The van der Waals surface area contributed by atoms with E-state index in [1.807, 2.05) is 18.2 Å². The van der Waals surface area contributed by atoms with Gasteiger partial charge in [0.15, 0.2) is 0 Å². The van der Waals surface area contributed by atoms with Crippen LogP contribution in [0.3, 0.4) is 0 Å². The number of nitrogens with zero attached hydrogens (tertiary/aromatic N) is 2. The van der Waals surface area contributed by atoms with Crippen LogP contribution in [0.2, 0.25) is 0 Å². The average molecular weight is 217 g/mol. The molecule has 1 aromatic heterocycles. The van der Waals surface area contributed by atoms with Crippen molar-refractivity contribution in [3.63, 3.8) is 0 Å². The van der Waals surface area contributed by atoms with Crippen LogP contribution in [0.4, 0.5) is 5.95 Å². The van der Waals surface area contributed by atoms with Gasteiger partial charge in [-0.2, -0.15) is 0 Å². The van der Waals surface area contributed by atoms with Crippen LogP contribution >= 0.6 is 0 Å². The van der Waals surface area contributed by atoms with Gasteiger partial charge in [0.05, 0.1) is 23.7 Å². The smallest absolute Gasteiger partial charge is 0.201 e. The number of rotatable bonds is 1. The fourth-order valence-electron chi connectivity index (χ4n) is 2.37. The first-order chi connectivity index (χ1) is 7.86. The van der Waals surface area contributed by atoms with Gasteiger partial charge in [-0.05, 0) is 25.0 Å². The third kappa shape index (κ3) is 1.46. The molecule has 0 saturated carbocycles. The number of para-hydroxylation sites is 2. The van der Waals surface area contributed by atoms with Gasteiger partial charge in [-0.3, -0.25) is 0 Å². The van der Waals surface area contributed by atoms with Gasteiger partial charge < -0.3 is 15.0 Å². The summed E-state index contributed by atoms with van der Waals surface area (Å²) in [6, 6.07) is 8.39. The van der Waals surface area contributed by atoms with Crippen molar-refractivity contribution in [3.8, 4) is 0 Å². The molecule has 4 nitrogen and oxygen atoms in total. The molecule has 3 rings (SSSR count). The van der Waals surface area contributed by atoms with Crippen LogP contribution in [0.15, 0.2) is 24.3 Å². The van der Waals surface area contributed by atoms with Gasteiger partial charge in [0.2, 0.25) is 5.95 Å². The highest BCUT2D eigenvalue weighted by atomic mass is 16.5. The Kier molecular flexibility index (Phi) is 2.29. The van der Waals surface area contributed by atoms with E-state index in [-0.39, 0.29) is 0 Å². The molecule has 2 N–H and O–H groups in total. The standard InChI is InChI=1S/C12H15N3O/c13-12-14-10-5-1-2-6-11(10)15(12)9-4-3-7-16-8-9/h1-2,5-6,9H,3-4,7-8H2,(H2,13,14). The molecular formula is C12H15N3O. The first-order valence-electron chi connectivity index (χ1n) is 5.66. The highest BCUT2D eigenvalue weighted by Crippen LogP contribution is 2.27. The zero-order chi connectivity index (χ0) is 11.0. The Morgan fingerprint density at radius 1 is 1.38 bits per heavy atom. The minimum absolute atomic E-state index is 0.334. The lowest BCUT2D eigenvalue weighted by Crippen LogP contribution is -2.22. The fraction of sp³-hybridized carbons (Fsp3) is 0.417. The monoisotopic (exact) mass is 217 g/mol. The Balaban J connectivity index is 2.10. The zero-order valence-corrected chi connectivity index (χ0v) is 9.10. The molecule has 0 spiro atoms. The molecule has 84 valence electrons. The van der Waals surface area contributed by atoms with Gasteiger partial charge in [-0.1, -0.05) is 12.1 Å². The number of ether oxygens (including phenoxy) is 1. The molecule has 0 bridgehead atoms. The lowest BCUT2D eigenvalue weighted by molar-refractivity contribution is 0.0611. The van der Waals surface area contributed by atoms with E-state index in [9.17, 15) is 0 Å². The molecule has 1 aliphatic heterocycles. The van der Waals surface area contributed by atoms with E-state index in [1.165, 1.54) is 0 Å². The number of fused-ring (bicyclic) bond motifs is 1. The largest absolute Gasteiger partial charge is 0.379 e. The molecule has 1 aliphatic rings. The highest BCUT2D eigenvalue weighted by molar-refractivity contribution is 5.78. The first-order valence-corrected chi connectivity index (χ1v) is 5.66. The van der Waals surface area contributed by atoms with Gasteiger partial charge in [-0.25, -0.2) is 4.98 Å². The average Bonchev–Trinajstić information content (AvgIpc) is 2.66. The number of nitrogens with two attached hydrogens (primary N) is 1. The van der Waals surface area contributed by atoms with E-state index in [4.69, 9.17) is 10.5 Å². The Morgan fingerprint density at radius 2 is 2.25 bits per heavy atom. The normalized spacial score (nSPS) is 21.4. The van der Waals surface area contributed by atoms with Crippen molar-refractivity contribution < 1.29 is 4.74 Å². The van der Waals surface area contributed by atoms with Crippen molar-refractivity contribution >= 4 is 17.0 Å².